The third-order valence-corrected chi connectivity index (χ3v) is 3.25. The van der Waals surface area contributed by atoms with Crippen molar-refractivity contribution < 1.29 is 14.6 Å². The molecule has 0 radical (unpaired) electrons. The summed E-state index contributed by atoms with van der Waals surface area (Å²) in [6.45, 7) is 2.69. The van der Waals surface area contributed by atoms with Gasteiger partial charge in [-0.2, -0.15) is 0 Å². The number of aliphatic carboxylic acids is 1. The van der Waals surface area contributed by atoms with Crippen molar-refractivity contribution in [1.29, 1.82) is 0 Å². The maximum absolute atomic E-state index is 10.6. The van der Waals surface area contributed by atoms with Crippen LogP contribution in [0.25, 0.3) is 0 Å². The molecule has 0 amide bonds. The minimum absolute atomic E-state index is 0.0220. The van der Waals surface area contributed by atoms with Crippen LogP contribution in [0.5, 0.6) is 0 Å². The van der Waals surface area contributed by atoms with Crippen molar-refractivity contribution in [2.24, 2.45) is 0 Å². The lowest BCUT2D eigenvalue weighted by molar-refractivity contribution is -0.137. The lowest BCUT2D eigenvalue weighted by Crippen LogP contribution is -2.39. The molecule has 1 atom stereocenters. The summed E-state index contributed by atoms with van der Waals surface area (Å²) in [6, 6.07) is 7.61. The van der Waals surface area contributed by atoms with Gasteiger partial charge in [-0.3, -0.25) is 9.69 Å². The van der Waals surface area contributed by atoms with Crippen molar-refractivity contribution in [1.82, 2.24) is 4.90 Å². The van der Waals surface area contributed by atoms with Gasteiger partial charge in [-0.15, -0.1) is 0 Å². The number of ether oxygens (including phenoxy) is 1. The van der Waals surface area contributed by atoms with E-state index in [0.29, 0.717) is 24.7 Å². The molecule has 1 aliphatic heterocycles. The number of hydrogen-bond acceptors (Lipinski definition) is 3. The number of hydrogen-bond donors (Lipinski definition) is 1. The van der Waals surface area contributed by atoms with Gasteiger partial charge in [0.25, 0.3) is 0 Å². The summed E-state index contributed by atoms with van der Waals surface area (Å²) in [6.07, 6.45) is 0.147. The molecule has 1 heterocycles. The smallest absolute Gasteiger partial charge is 0.304 e. The molecule has 2 rings (SSSR count). The van der Waals surface area contributed by atoms with E-state index in [9.17, 15) is 4.79 Å². The molecule has 1 N–H and O–H groups in total. The molecule has 0 saturated carbocycles. The maximum atomic E-state index is 10.6. The van der Waals surface area contributed by atoms with E-state index >= 15 is 0 Å². The Morgan fingerprint density at radius 3 is 3.11 bits per heavy atom. The van der Waals surface area contributed by atoms with Gasteiger partial charge in [-0.05, 0) is 17.7 Å². The number of nitrogens with zero attached hydrogens (tertiary/aromatic N) is 1. The molecule has 98 valence electrons. The van der Waals surface area contributed by atoms with Crippen molar-refractivity contribution in [3.63, 3.8) is 0 Å². The molecule has 1 aromatic rings. The van der Waals surface area contributed by atoms with Crippen LogP contribution in [0.3, 0.4) is 0 Å². The van der Waals surface area contributed by atoms with Crippen molar-refractivity contribution in [2.45, 2.75) is 12.5 Å². The Labute approximate surface area is 111 Å². The number of halogens is 1. The first kappa shape index (κ1) is 13.3. The number of carbonyl (C=O) groups is 1. The molecule has 1 saturated heterocycles. The highest BCUT2D eigenvalue weighted by molar-refractivity contribution is 6.30. The second-order valence-electron chi connectivity index (χ2n) is 4.36. The molecule has 1 aliphatic rings. The molecule has 1 unspecified atom stereocenters. The van der Waals surface area contributed by atoms with Crippen molar-refractivity contribution in [2.75, 3.05) is 26.2 Å². The molecule has 18 heavy (non-hydrogen) atoms. The third-order valence-electron chi connectivity index (χ3n) is 3.01. The van der Waals surface area contributed by atoms with Crippen LogP contribution in [0.1, 0.15) is 18.1 Å². The van der Waals surface area contributed by atoms with Gasteiger partial charge in [0.1, 0.15) is 0 Å². The van der Waals surface area contributed by atoms with Crippen LogP contribution in [-0.4, -0.2) is 42.2 Å². The van der Waals surface area contributed by atoms with Crippen LogP contribution in [0.4, 0.5) is 0 Å². The van der Waals surface area contributed by atoms with Gasteiger partial charge in [0.05, 0.1) is 19.1 Å². The molecule has 1 aromatic carbocycles. The van der Waals surface area contributed by atoms with Gasteiger partial charge in [0, 0.05) is 24.7 Å². The first-order chi connectivity index (χ1) is 8.65. The molecular weight excluding hydrogens is 254 g/mol. The monoisotopic (exact) mass is 269 g/mol. The fourth-order valence-corrected chi connectivity index (χ4v) is 2.27. The number of benzene rings is 1. The molecule has 4 nitrogen and oxygen atoms in total. The number of carboxylic acids is 1. The molecule has 5 heteroatoms. The summed E-state index contributed by atoms with van der Waals surface area (Å²) in [5.41, 5.74) is 1.04. The maximum Gasteiger partial charge on any atom is 0.304 e. The zero-order valence-electron chi connectivity index (χ0n) is 10.0. The number of rotatable bonds is 4. The van der Waals surface area contributed by atoms with Gasteiger partial charge in [-0.1, -0.05) is 23.7 Å². The minimum Gasteiger partial charge on any atom is -0.481 e. The van der Waals surface area contributed by atoms with Crippen LogP contribution < -0.4 is 0 Å². The second-order valence-corrected chi connectivity index (χ2v) is 4.80. The van der Waals surface area contributed by atoms with Crippen molar-refractivity contribution in [3.05, 3.63) is 34.9 Å². The zero-order valence-corrected chi connectivity index (χ0v) is 10.8. The van der Waals surface area contributed by atoms with E-state index in [2.05, 4.69) is 4.90 Å². The normalized spacial score (nSPS) is 20.8. The zero-order chi connectivity index (χ0) is 13.0. The summed E-state index contributed by atoms with van der Waals surface area (Å²) < 4.78 is 5.71. The standard InChI is InChI=1S/C13H16ClNO3/c14-11-3-1-2-10(8-11)12-9-15(6-7-18-12)5-4-13(16)17/h1-3,8,12H,4-7,9H2,(H,16,17). The van der Waals surface area contributed by atoms with Gasteiger partial charge in [-0.25, -0.2) is 0 Å². The average Bonchev–Trinajstić information content (AvgIpc) is 2.37. The van der Waals surface area contributed by atoms with Gasteiger partial charge < -0.3 is 9.84 Å². The predicted molar refractivity (Wildman–Crippen MR) is 68.8 cm³/mol. The van der Waals surface area contributed by atoms with E-state index in [4.69, 9.17) is 21.4 Å². The third kappa shape index (κ3) is 3.70. The summed E-state index contributed by atoms with van der Waals surface area (Å²) >= 11 is 5.96. The lowest BCUT2D eigenvalue weighted by Gasteiger charge is -2.32. The largest absolute Gasteiger partial charge is 0.481 e. The van der Waals surface area contributed by atoms with Crippen LogP contribution in [0.2, 0.25) is 5.02 Å². The molecule has 0 aliphatic carbocycles. The summed E-state index contributed by atoms with van der Waals surface area (Å²) in [5, 5.41) is 9.38. The predicted octanol–water partition coefficient (Wildman–Crippen LogP) is 2.19. The highest BCUT2D eigenvalue weighted by atomic mass is 35.5. The number of morpholine rings is 1. The Balaban J connectivity index is 1.96. The molecule has 0 bridgehead atoms. The minimum atomic E-state index is -0.763. The quantitative estimate of drug-likeness (QED) is 0.910. The van der Waals surface area contributed by atoms with E-state index in [1.165, 1.54) is 0 Å². The Morgan fingerprint density at radius 1 is 1.56 bits per heavy atom. The van der Waals surface area contributed by atoms with Crippen molar-refractivity contribution in [3.8, 4) is 0 Å². The summed E-state index contributed by atoms with van der Waals surface area (Å²) in [4.78, 5) is 12.7. The fraction of sp³-hybridized carbons (Fsp3) is 0.462. The Morgan fingerprint density at radius 2 is 2.39 bits per heavy atom. The Kier molecular flexibility index (Phi) is 4.58. The van der Waals surface area contributed by atoms with Crippen LogP contribution in [0, 0.1) is 0 Å². The lowest BCUT2D eigenvalue weighted by atomic mass is 10.1. The van der Waals surface area contributed by atoms with Crippen molar-refractivity contribution >= 4 is 17.6 Å². The second kappa shape index (κ2) is 6.18. The van der Waals surface area contributed by atoms with Gasteiger partial charge in [0.15, 0.2) is 0 Å². The number of carboxylic acid groups (broad SMARTS) is 1. The van der Waals surface area contributed by atoms with E-state index in [0.717, 1.165) is 12.1 Å². The van der Waals surface area contributed by atoms with Crippen LogP contribution in [-0.2, 0) is 9.53 Å². The highest BCUT2D eigenvalue weighted by Gasteiger charge is 2.22. The SMILES string of the molecule is O=C(O)CCN1CCOC(c2cccc(Cl)c2)C1. The van der Waals surface area contributed by atoms with E-state index < -0.39 is 5.97 Å². The molecular formula is C13H16ClNO3. The van der Waals surface area contributed by atoms with Gasteiger partial charge >= 0.3 is 5.97 Å². The van der Waals surface area contributed by atoms with Crippen LogP contribution >= 0.6 is 11.6 Å². The first-order valence-corrected chi connectivity index (χ1v) is 6.34. The van der Waals surface area contributed by atoms with E-state index in [1.54, 1.807) is 0 Å². The first-order valence-electron chi connectivity index (χ1n) is 5.96. The molecule has 0 aromatic heterocycles. The van der Waals surface area contributed by atoms with E-state index in [-0.39, 0.29) is 12.5 Å². The van der Waals surface area contributed by atoms with Gasteiger partial charge in [0.2, 0.25) is 0 Å². The molecule has 1 fully saturated rings. The molecule has 0 spiro atoms. The summed E-state index contributed by atoms with van der Waals surface area (Å²) in [5.74, 6) is -0.763. The summed E-state index contributed by atoms with van der Waals surface area (Å²) in [7, 11) is 0. The highest BCUT2D eigenvalue weighted by Crippen LogP contribution is 2.24. The van der Waals surface area contributed by atoms with Crippen LogP contribution in [0.15, 0.2) is 24.3 Å². The Hall–Kier alpha value is -1.10. The average molecular weight is 270 g/mol. The Bertz CT molecular complexity index is 424. The topological polar surface area (TPSA) is 49.8 Å². The fourth-order valence-electron chi connectivity index (χ4n) is 2.07. The van der Waals surface area contributed by atoms with E-state index in [1.807, 2.05) is 24.3 Å².